The molecule has 0 aliphatic carbocycles. The van der Waals surface area contributed by atoms with Crippen LogP contribution in [0.2, 0.25) is 0 Å². The number of hydrazine groups is 1. The predicted molar refractivity (Wildman–Crippen MR) is 75.5 cm³/mol. The molecule has 0 aromatic carbocycles. The average molecular weight is 278 g/mol. The molecule has 20 heavy (non-hydrogen) atoms. The fourth-order valence-electron chi connectivity index (χ4n) is 2.38. The number of nitrogens with one attached hydrogen (secondary N) is 3. The second-order valence-electron chi connectivity index (χ2n) is 5.05. The van der Waals surface area contributed by atoms with E-state index < -0.39 is 0 Å². The van der Waals surface area contributed by atoms with Gasteiger partial charge >= 0.3 is 0 Å². The highest BCUT2D eigenvalue weighted by molar-refractivity contribution is 5.76. The molecule has 1 aliphatic heterocycles. The number of methoxy groups -OCH3 is 1. The summed E-state index contributed by atoms with van der Waals surface area (Å²) in [6.07, 6.45) is 4.72. The van der Waals surface area contributed by atoms with E-state index in [0.717, 1.165) is 12.0 Å². The predicted octanol–water partition coefficient (Wildman–Crippen LogP) is 0.736. The molecule has 2 rings (SSSR count). The third-order valence-electron chi connectivity index (χ3n) is 3.58. The van der Waals surface area contributed by atoms with Gasteiger partial charge in [0.1, 0.15) is 0 Å². The fraction of sp³-hybridized carbons (Fsp3) is 0.571. The summed E-state index contributed by atoms with van der Waals surface area (Å²) in [6, 6.07) is 4.14. The number of rotatable bonds is 6. The first-order valence-electron chi connectivity index (χ1n) is 6.91. The van der Waals surface area contributed by atoms with E-state index in [0.29, 0.717) is 13.0 Å². The highest BCUT2D eigenvalue weighted by Crippen LogP contribution is 2.26. The van der Waals surface area contributed by atoms with Crippen LogP contribution in [0.4, 0.5) is 0 Å². The van der Waals surface area contributed by atoms with Gasteiger partial charge in [-0.3, -0.25) is 9.78 Å². The molecule has 1 fully saturated rings. The van der Waals surface area contributed by atoms with E-state index in [1.54, 1.807) is 19.5 Å². The topological polar surface area (TPSA) is 75.3 Å². The monoisotopic (exact) mass is 278 g/mol. The van der Waals surface area contributed by atoms with Crippen molar-refractivity contribution in [3.63, 3.8) is 0 Å². The van der Waals surface area contributed by atoms with Gasteiger partial charge in [0.05, 0.1) is 12.2 Å². The molecule has 3 N–H and O–H groups in total. The molecule has 3 unspecified atom stereocenters. The van der Waals surface area contributed by atoms with Crippen molar-refractivity contribution in [1.82, 2.24) is 21.2 Å². The standard InChI is InChI=1S/C14H22N4O2/c1-10-13(11-5-7-15-8-6-11)17-18-14(10)16-12(19)4-3-9-20-2/h5-8,10,13-14,17-18H,3-4,9H2,1-2H3,(H,16,19). The van der Waals surface area contributed by atoms with Crippen LogP contribution < -0.4 is 16.2 Å². The summed E-state index contributed by atoms with van der Waals surface area (Å²) in [7, 11) is 1.64. The molecule has 0 saturated carbocycles. The summed E-state index contributed by atoms with van der Waals surface area (Å²) >= 11 is 0. The second kappa shape index (κ2) is 7.33. The Morgan fingerprint density at radius 3 is 2.85 bits per heavy atom. The van der Waals surface area contributed by atoms with Crippen LogP contribution in [0.5, 0.6) is 0 Å². The number of carbonyl (C=O) groups is 1. The number of amides is 1. The van der Waals surface area contributed by atoms with Crippen LogP contribution in [0.15, 0.2) is 24.5 Å². The quantitative estimate of drug-likeness (QED) is 0.669. The number of hydrogen-bond donors (Lipinski definition) is 3. The molecule has 1 aliphatic rings. The van der Waals surface area contributed by atoms with Crippen LogP contribution in [0.3, 0.4) is 0 Å². The van der Waals surface area contributed by atoms with Crippen molar-refractivity contribution >= 4 is 5.91 Å². The minimum Gasteiger partial charge on any atom is -0.385 e. The minimum atomic E-state index is -0.0665. The molecule has 0 bridgehead atoms. The van der Waals surface area contributed by atoms with Crippen molar-refractivity contribution in [1.29, 1.82) is 0 Å². The van der Waals surface area contributed by atoms with Gasteiger partial charge in [-0.2, -0.15) is 0 Å². The molecule has 0 radical (unpaired) electrons. The lowest BCUT2D eigenvalue weighted by molar-refractivity contribution is -0.122. The van der Waals surface area contributed by atoms with E-state index in [9.17, 15) is 4.79 Å². The summed E-state index contributed by atoms with van der Waals surface area (Å²) < 4.78 is 4.94. The maximum atomic E-state index is 11.8. The molecule has 1 amide bonds. The number of hydrogen-bond acceptors (Lipinski definition) is 5. The van der Waals surface area contributed by atoms with E-state index in [-0.39, 0.29) is 24.0 Å². The number of carbonyl (C=O) groups excluding carboxylic acids is 1. The Bertz CT molecular complexity index is 426. The van der Waals surface area contributed by atoms with E-state index in [1.807, 2.05) is 12.1 Å². The Labute approximate surface area is 119 Å². The molecular weight excluding hydrogens is 256 g/mol. The van der Waals surface area contributed by atoms with Gasteiger partial charge in [0.25, 0.3) is 0 Å². The zero-order valence-electron chi connectivity index (χ0n) is 11.9. The van der Waals surface area contributed by atoms with Crippen molar-refractivity contribution in [2.24, 2.45) is 5.92 Å². The first kappa shape index (κ1) is 14.9. The summed E-state index contributed by atoms with van der Waals surface area (Å²) in [4.78, 5) is 15.8. The molecule has 0 spiro atoms. The zero-order valence-corrected chi connectivity index (χ0v) is 11.9. The van der Waals surface area contributed by atoms with Crippen LogP contribution in [-0.2, 0) is 9.53 Å². The Balaban J connectivity index is 1.85. The third kappa shape index (κ3) is 3.75. The molecule has 6 heteroatoms. The van der Waals surface area contributed by atoms with Crippen molar-refractivity contribution in [2.75, 3.05) is 13.7 Å². The summed E-state index contributed by atoms with van der Waals surface area (Å²) in [6.45, 7) is 2.72. The maximum Gasteiger partial charge on any atom is 0.221 e. The Hall–Kier alpha value is -1.50. The largest absolute Gasteiger partial charge is 0.385 e. The van der Waals surface area contributed by atoms with E-state index in [1.165, 1.54) is 0 Å². The highest BCUT2D eigenvalue weighted by atomic mass is 16.5. The van der Waals surface area contributed by atoms with Gasteiger partial charge in [-0.1, -0.05) is 6.92 Å². The third-order valence-corrected chi connectivity index (χ3v) is 3.58. The van der Waals surface area contributed by atoms with E-state index in [4.69, 9.17) is 4.74 Å². The first-order chi connectivity index (χ1) is 9.72. The molecule has 1 aromatic rings. The number of aromatic nitrogens is 1. The molecule has 6 nitrogen and oxygen atoms in total. The number of pyridine rings is 1. The van der Waals surface area contributed by atoms with Gasteiger partial charge in [0.15, 0.2) is 0 Å². The summed E-state index contributed by atoms with van der Waals surface area (Å²) in [5.74, 6) is 0.298. The molecule has 1 aromatic heterocycles. The SMILES string of the molecule is COCCCC(=O)NC1NNC(c2ccncc2)C1C. The first-order valence-corrected chi connectivity index (χ1v) is 6.91. The second-order valence-corrected chi connectivity index (χ2v) is 5.05. The van der Waals surface area contributed by atoms with Crippen molar-refractivity contribution in [3.8, 4) is 0 Å². The molecule has 3 atom stereocenters. The van der Waals surface area contributed by atoms with Gasteiger partial charge in [-0.05, 0) is 24.1 Å². The van der Waals surface area contributed by atoms with Crippen molar-refractivity contribution < 1.29 is 9.53 Å². The molecule has 1 saturated heterocycles. The average Bonchev–Trinajstić information content (AvgIpc) is 2.81. The van der Waals surface area contributed by atoms with Crippen molar-refractivity contribution in [2.45, 2.75) is 32.0 Å². The van der Waals surface area contributed by atoms with Crippen LogP contribution in [0.25, 0.3) is 0 Å². The van der Waals surface area contributed by atoms with E-state index >= 15 is 0 Å². The lowest BCUT2D eigenvalue weighted by Crippen LogP contribution is -2.46. The van der Waals surface area contributed by atoms with Crippen molar-refractivity contribution in [3.05, 3.63) is 30.1 Å². The fourth-order valence-corrected chi connectivity index (χ4v) is 2.38. The number of nitrogens with zero attached hydrogens (tertiary/aromatic N) is 1. The van der Waals surface area contributed by atoms with Gasteiger partial charge in [0, 0.05) is 38.4 Å². The molecular formula is C14H22N4O2. The molecule has 2 heterocycles. The lowest BCUT2D eigenvalue weighted by Gasteiger charge is -2.19. The maximum absolute atomic E-state index is 11.8. The Morgan fingerprint density at radius 2 is 2.15 bits per heavy atom. The number of ether oxygens (including phenoxy) is 1. The van der Waals surface area contributed by atoms with Gasteiger partial charge in [-0.25, -0.2) is 10.9 Å². The minimum absolute atomic E-state index is 0.0450. The normalized spacial score (nSPS) is 25.6. The summed E-state index contributed by atoms with van der Waals surface area (Å²) in [5.41, 5.74) is 7.53. The van der Waals surface area contributed by atoms with E-state index in [2.05, 4.69) is 28.1 Å². The van der Waals surface area contributed by atoms with Crippen LogP contribution in [-0.4, -0.2) is 30.8 Å². The van der Waals surface area contributed by atoms with Crippen LogP contribution >= 0.6 is 0 Å². The lowest BCUT2D eigenvalue weighted by atomic mass is 9.95. The van der Waals surface area contributed by atoms with Gasteiger partial charge in [-0.15, -0.1) is 0 Å². The highest BCUT2D eigenvalue weighted by Gasteiger charge is 2.33. The summed E-state index contributed by atoms with van der Waals surface area (Å²) in [5, 5.41) is 3.00. The smallest absolute Gasteiger partial charge is 0.221 e. The Morgan fingerprint density at radius 1 is 1.40 bits per heavy atom. The van der Waals surface area contributed by atoms with Gasteiger partial charge < -0.3 is 10.1 Å². The Kier molecular flexibility index (Phi) is 5.46. The molecule has 110 valence electrons. The zero-order chi connectivity index (χ0) is 14.4. The van der Waals surface area contributed by atoms with Crippen LogP contribution in [0.1, 0.15) is 31.4 Å². The van der Waals surface area contributed by atoms with Crippen LogP contribution in [0, 0.1) is 5.92 Å². The van der Waals surface area contributed by atoms with Gasteiger partial charge in [0.2, 0.25) is 5.91 Å².